The number of anilines is 3. The molecule has 4 atom stereocenters. The molecule has 0 radical (unpaired) electrons. The molecule has 0 unspecified atom stereocenters. The highest BCUT2D eigenvalue weighted by atomic mass is 16.6. The normalized spacial score (nSPS) is 23.3. The zero-order chi connectivity index (χ0) is 25.3. The maximum atomic E-state index is 12.9. The fourth-order valence-electron chi connectivity index (χ4n) is 4.02. The summed E-state index contributed by atoms with van der Waals surface area (Å²) in [6.45, 7) is -0.589. The van der Waals surface area contributed by atoms with Crippen LogP contribution in [-0.4, -0.2) is 70.7 Å². The molecule has 4 heterocycles. The number of aromatic nitrogens is 5. The third-order valence-electron chi connectivity index (χ3n) is 5.84. The van der Waals surface area contributed by atoms with Gasteiger partial charge in [-0.1, -0.05) is 0 Å². The Kier molecular flexibility index (Phi) is 6.00. The Morgan fingerprint density at radius 3 is 2.56 bits per heavy atom. The summed E-state index contributed by atoms with van der Waals surface area (Å²) in [5.74, 6) is 0.135. The highest BCUT2D eigenvalue weighted by molar-refractivity contribution is 6.05. The quantitative estimate of drug-likeness (QED) is 0.252. The molecule has 36 heavy (non-hydrogen) atoms. The van der Waals surface area contributed by atoms with Gasteiger partial charge in [-0.3, -0.25) is 4.79 Å². The lowest BCUT2D eigenvalue weighted by Gasteiger charge is -2.24. The Bertz CT molecular complexity index is 1440. The van der Waals surface area contributed by atoms with Crippen molar-refractivity contribution in [2.75, 3.05) is 17.2 Å². The molecule has 0 spiro atoms. The van der Waals surface area contributed by atoms with E-state index in [0.717, 1.165) is 0 Å². The van der Waals surface area contributed by atoms with Crippen LogP contribution in [0.15, 0.2) is 61.2 Å². The van der Waals surface area contributed by atoms with Crippen molar-refractivity contribution < 1.29 is 24.9 Å². The first-order valence-electron chi connectivity index (χ1n) is 10.8. The molecule has 13 heteroatoms. The van der Waals surface area contributed by atoms with Gasteiger partial charge in [0.15, 0.2) is 5.82 Å². The molecule has 182 valence electrons. The number of hydrogen-bond acceptors (Lipinski definition) is 11. The summed E-state index contributed by atoms with van der Waals surface area (Å²) in [7, 11) is 0. The molecule has 0 aliphatic carbocycles. The van der Waals surface area contributed by atoms with Crippen LogP contribution in [0.25, 0.3) is 5.52 Å². The molecule has 1 aliphatic heterocycles. The van der Waals surface area contributed by atoms with E-state index in [0.29, 0.717) is 22.7 Å². The lowest BCUT2D eigenvalue weighted by molar-refractivity contribution is -0.0643. The van der Waals surface area contributed by atoms with Crippen molar-refractivity contribution in [1.82, 2.24) is 24.6 Å². The Labute approximate surface area is 203 Å². The van der Waals surface area contributed by atoms with Crippen LogP contribution >= 0.6 is 0 Å². The summed E-state index contributed by atoms with van der Waals surface area (Å²) in [5, 5.41) is 49.9. The minimum absolute atomic E-state index is 0.110. The Hall–Kier alpha value is -4.48. The number of ether oxygens (including phenoxy) is 1. The topological polar surface area (TPSA) is 191 Å². The van der Waals surface area contributed by atoms with E-state index < -0.39 is 36.4 Å². The van der Waals surface area contributed by atoms with Crippen LogP contribution in [-0.2, 0) is 10.3 Å². The number of aliphatic hydroxyl groups excluding tert-OH is 3. The predicted molar refractivity (Wildman–Crippen MR) is 124 cm³/mol. The number of aliphatic hydroxyl groups is 3. The van der Waals surface area contributed by atoms with Gasteiger partial charge in [0.05, 0.1) is 12.3 Å². The van der Waals surface area contributed by atoms with Gasteiger partial charge in [-0.2, -0.15) is 10.4 Å². The number of amides is 1. The summed E-state index contributed by atoms with van der Waals surface area (Å²) >= 11 is 0. The van der Waals surface area contributed by atoms with Crippen LogP contribution in [0.2, 0.25) is 0 Å². The van der Waals surface area contributed by atoms with Gasteiger partial charge in [-0.25, -0.2) is 19.5 Å². The van der Waals surface area contributed by atoms with Crippen LogP contribution in [0.4, 0.5) is 17.5 Å². The van der Waals surface area contributed by atoms with E-state index in [-0.39, 0.29) is 11.5 Å². The monoisotopic (exact) mass is 488 g/mol. The van der Waals surface area contributed by atoms with Gasteiger partial charge in [0.1, 0.15) is 36.2 Å². The minimum atomic E-state index is -1.99. The van der Waals surface area contributed by atoms with E-state index in [1.165, 1.54) is 16.9 Å². The summed E-state index contributed by atoms with van der Waals surface area (Å²) in [6.07, 6.45) is 0.115. The second-order valence-corrected chi connectivity index (χ2v) is 7.97. The van der Waals surface area contributed by atoms with Gasteiger partial charge in [-0.05, 0) is 42.5 Å². The van der Waals surface area contributed by atoms with Crippen molar-refractivity contribution in [2.24, 2.45) is 0 Å². The van der Waals surface area contributed by atoms with Crippen LogP contribution in [0.1, 0.15) is 16.1 Å². The van der Waals surface area contributed by atoms with E-state index in [1.807, 2.05) is 6.07 Å². The average Bonchev–Trinajstić information content (AvgIpc) is 3.45. The summed E-state index contributed by atoms with van der Waals surface area (Å²) in [6, 6.07) is 13.3. The number of carbonyl (C=O) groups excluding carboxylic acids is 1. The Balaban J connectivity index is 1.39. The minimum Gasteiger partial charge on any atom is -0.394 e. The molecule has 4 aromatic rings. The zero-order valence-electron chi connectivity index (χ0n) is 18.6. The first-order valence-corrected chi connectivity index (χ1v) is 10.8. The number of nitrogens with zero attached hydrogens (tertiary/aromatic N) is 6. The van der Waals surface area contributed by atoms with Crippen molar-refractivity contribution in [3.8, 4) is 6.07 Å². The van der Waals surface area contributed by atoms with Gasteiger partial charge in [-0.15, -0.1) is 0 Å². The van der Waals surface area contributed by atoms with Crippen LogP contribution < -0.4 is 10.6 Å². The number of hydrogen-bond donors (Lipinski definition) is 5. The lowest BCUT2D eigenvalue weighted by atomic mass is 9.92. The van der Waals surface area contributed by atoms with Crippen LogP contribution in [0, 0.1) is 11.3 Å². The molecule has 0 bridgehead atoms. The Morgan fingerprint density at radius 2 is 1.89 bits per heavy atom. The highest BCUT2D eigenvalue weighted by Gasteiger charge is 2.57. The maximum Gasteiger partial charge on any atom is 0.256 e. The summed E-state index contributed by atoms with van der Waals surface area (Å²) < 4.78 is 6.86. The number of benzene rings is 1. The summed E-state index contributed by atoms with van der Waals surface area (Å²) in [4.78, 5) is 25.2. The van der Waals surface area contributed by atoms with Gasteiger partial charge in [0, 0.05) is 23.6 Å². The molecule has 1 aromatic carbocycles. The number of nitrogens with one attached hydrogen (secondary N) is 2. The molecule has 13 nitrogen and oxygen atoms in total. The number of carbonyl (C=O) groups is 1. The smallest absolute Gasteiger partial charge is 0.256 e. The molecule has 3 aromatic heterocycles. The highest BCUT2D eigenvalue weighted by Crippen LogP contribution is 2.40. The number of nitriles is 1. The standard InChI is InChI=1S/C23H20N8O5/c24-11-23(19(34)18(33)16(10-32)36-23)17-7-6-15-20(27-12-28-31(15)17)30-21(35)13-2-4-14(5-3-13)29-22-25-8-1-9-26-22/h1-9,12,16,18-19,32-34H,10H2,(H,25,26,29)(H,27,28,30,35)/t16-,18-,19-,23+/m1/s1. The second kappa shape index (κ2) is 9.29. The summed E-state index contributed by atoms with van der Waals surface area (Å²) in [5.41, 5.74) is -0.499. The van der Waals surface area contributed by atoms with Gasteiger partial charge in [0.2, 0.25) is 11.5 Å². The van der Waals surface area contributed by atoms with E-state index in [2.05, 4.69) is 30.7 Å². The van der Waals surface area contributed by atoms with Gasteiger partial charge in [0.25, 0.3) is 5.91 Å². The first kappa shape index (κ1) is 23.3. The van der Waals surface area contributed by atoms with Crippen molar-refractivity contribution in [3.63, 3.8) is 0 Å². The van der Waals surface area contributed by atoms with Crippen molar-refractivity contribution in [3.05, 3.63) is 72.4 Å². The molecule has 0 saturated carbocycles. The third kappa shape index (κ3) is 3.89. The van der Waals surface area contributed by atoms with E-state index in [9.17, 15) is 25.4 Å². The molecule has 1 aliphatic rings. The van der Waals surface area contributed by atoms with Crippen molar-refractivity contribution in [1.29, 1.82) is 5.26 Å². The molecule has 1 fully saturated rings. The maximum absolute atomic E-state index is 12.9. The van der Waals surface area contributed by atoms with Crippen LogP contribution in [0.3, 0.4) is 0 Å². The third-order valence-corrected chi connectivity index (χ3v) is 5.84. The largest absolute Gasteiger partial charge is 0.394 e. The lowest BCUT2D eigenvalue weighted by Crippen LogP contribution is -2.40. The fraction of sp³-hybridized carbons (Fsp3) is 0.217. The van der Waals surface area contributed by atoms with Crippen molar-refractivity contribution >= 4 is 28.9 Å². The second-order valence-electron chi connectivity index (χ2n) is 7.97. The molecule has 5 rings (SSSR count). The van der Waals surface area contributed by atoms with Crippen LogP contribution in [0.5, 0.6) is 0 Å². The van der Waals surface area contributed by atoms with E-state index >= 15 is 0 Å². The van der Waals surface area contributed by atoms with E-state index in [4.69, 9.17) is 4.74 Å². The fourth-order valence-corrected chi connectivity index (χ4v) is 4.02. The predicted octanol–water partition coefficient (Wildman–Crippen LogP) is 0.347. The molecule has 1 amide bonds. The first-order chi connectivity index (χ1) is 17.5. The molecule has 1 saturated heterocycles. The Morgan fingerprint density at radius 1 is 1.14 bits per heavy atom. The SMILES string of the molecule is N#C[C@@]1(c2ccc3c(NC(=O)c4ccc(Nc5ncccn5)cc4)ncnn23)O[C@H](CO)[C@@H](O)[C@H]1O. The zero-order valence-corrected chi connectivity index (χ0v) is 18.6. The van der Waals surface area contributed by atoms with Crippen molar-refractivity contribution in [2.45, 2.75) is 23.9 Å². The average molecular weight is 488 g/mol. The van der Waals surface area contributed by atoms with E-state index in [1.54, 1.807) is 48.8 Å². The molecular weight excluding hydrogens is 468 g/mol. The van der Waals surface area contributed by atoms with Gasteiger partial charge >= 0.3 is 0 Å². The van der Waals surface area contributed by atoms with Gasteiger partial charge < -0.3 is 30.7 Å². The number of fused-ring (bicyclic) bond motifs is 1. The molecular formula is C23H20N8O5. The molecule has 5 N–H and O–H groups in total. The number of rotatable bonds is 6.